The maximum atomic E-state index is 11.7. The predicted octanol–water partition coefficient (Wildman–Crippen LogP) is 1.91. The van der Waals surface area contributed by atoms with Gasteiger partial charge in [-0.3, -0.25) is 4.74 Å². The van der Waals surface area contributed by atoms with Crippen molar-refractivity contribution in [2.24, 2.45) is 5.73 Å². The van der Waals surface area contributed by atoms with Gasteiger partial charge in [-0.2, -0.15) is 0 Å². The zero-order chi connectivity index (χ0) is 13.4. The van der Waals surface area contributed by atoms with Gasteiger partial charge in [0.05, 0.1) is 18.7 Å². The molecule has 2 N–H and O–H groups in total. The van der Waals surface area contributed by atoms with Crippen LogP contribution in [-0.2, 0) is 4.74 Å². The molecule has 18 heavy (non-hydrogen) atoms. The van der Waals surface area contributed by atoms with Crippen LogP contribution in [0.2, 0.25) is 0 Å². The minimum absolute atomic E-state index is 0.200. The summed E-state index contributed by atoms with van der Waals surface area (Å²) in [7, 11) is 0. The molecule has 0 saturated carbocycles. The second-order valence-corrected chi connectivity index (χ2v) is 3.14. The fourth-order valence-corrected chi connectivity index (χ4v) is 1.15. The molecule has 0 radical (unpaired) electrons. The van der Waals surface area contributed by atoms with Crippen LogP contribution in [0, 0.1) is 11.8 Å². The van der Waals surface area contributed by atoms with Gasteiger partial charge < -0.3 is 10.5 Å². The molecular weight excluding hydrogens is 247 g/mol. The van der Waals surface area contributed by atoms with Crippen LogP contribution in [0.4, 0.5) is 13.2 Å². The highest BCUT2D eigenvalue weighted by atomic mass is 19.4. The lowest BCUT2D eigenvalue weighted by atomic mass is 10.2. The fraction of sp³-hybridized carbons (Fsp3) is 0.333. The highest BCUT2D eigenvalue weighted by Gasteiger charge is 2.28. The monoisotopic (exact) mass is 259 g/mol. The van der Waals surface area contributed by atoms with E-state index in [9.17, 15) is 13.2 Å². The van der Waals surface area contributed by atoms with Crippen molar-refractivity contribution in [2.75, 3.05) is 19.8 Å². The van der Waals surface area contributed by atoms with Crippen molar-refractivity contribution in [1.82, 2.24) is 0 Å². The summed E-state index contributed by atoms with van der Waals surface area (Å²) in [6.07, 6.45) is -4.64. The molecule has 0 atom stereocenters. The van der Waals surface area contributed by atoms with E-state index in [1.165, 1.54) is 0 Å². The van der Waals surface area contributed by atoms with Gasteiger partial charge in [0.1, 0.15) is 12.4 Å². The number of rotatable bonds is 4. The Morgan fingerprint density at radius 1 is 1.17 bits per heavy atom. The topological polar surface area (TPSA) is 44.5 Å². The van der Waals surface area contributed by atoms with Gasteiger partial charge in [0, 0.05) is 0 Å². The lowest BCUT2D eigenvalue weighted by Crippen LogP contribution is -2.18. The minimum Gasteiger partial charge on any atom is -0.490 e. The van der Waals surface area contributed by atoms with Crippen molar-refractivity contribution < 1.29 is 22.6 Å². The molecule has 0 aliphatic heterocycles. The van der Waals surface area contributed by atoms with Gasteiger partial charge in [0.25, 0.3) is 0 Å². The summed E-state index contributed by atoms with van der Waals surface area (Å²) in [4.78, 5) is 0. The van der Waals surface area contributed by atoms with E-state index >= 15 is 0 Å². The number of alkyl halides is 3. The minimum atomic E-state index is -4.64. The number of benzene rings is 1. The third kappa shape index (κ3) is 5.57. The van der Waals surface area contributed by atoms with Gasteiger partial charge in [-0.05, 0) is 12.1 Å². The van der Waals surface area contributed by atoms with Gasteiger partial charge in [-0.15, -0.1) is 13.2 Å². The first kappa shape index (κ1) is 14.4. The normalized spacial score (nSPS) is 10.7. The van der Waals surface area contributed by atoms with E-state index in [0.717, 1.165) is 0 Å². The second kappa shape index (κ2) is 6.89. The third-order valence-electron chi connectivity index (χ3n) is 1.82. The molecule has 1 aromatic rings. The number of halogens is 3. The quantitative estimate of drug-likeness (QED) is 0.663. The molecule has 0 saturated heterocycles. The summed E-state index contributed by atoms with van der Waals surface area (Å²) in [5.41, 5.74) is 5.82. The van der Waals surface area contributed by atoms with E-state index in [2.05, 4.69) is 16.6 Å². The molecule has 3 nitrogen and oxygen atoms in total. The van der Waals surface area contributed by atoms with Crippen molar-refractivity contribution in [1.29, 1.82) is 0 Å². The van der Waals surface area contributed by atoms with Crippen LogP contribution < -0.4 is 10.5 Å². The highest BCUT2D eigenvalue weighted by Crippen LogP contribution is 2.18. The van der Waals surface area contributed by atoms with Crippen molar-refractivity contribution in [3.8, 4) is 17.6 Å². The van der Waals surface area contributed by atoms with Gasteiger partial charge in [-0.25, -0.2) is 0 Å². The van der Waals surface area contributed by atoms with Crippen LogP contribution in [0.5, 0.6) is 5.75 Å². The average Bonchev–Trinajstić information content (AvgIpc) is 2.32. The fourth-order valence-electron chi connectivity index (χ4n) is 1.15. The lowest BCUT2D eigenvalue weighted by Gasteiger charge is -2.10. The molecule has 0 aromatic heterocycles. The van der Waals surface area contributed by atoms with Crippen LogP contribution in [0.3, 0.4) is 0 Å². The van der Waals surface area contributed by atoms with Gasteiger partial charge in [0.2, 0.25) is 0 Å². The summed E-state index contributed by atoms with van der Waals surface area (Å²) >= 11 is 0. The smallest absolute Gasteiger partial charge is 0.490 e. The summed E-state index contributed by atoms with van der Waals surface area (Å²) in [6.45, 7) is -0.575. The molecule has 0 unspecified atom stereocenters. The Morgan fingerprint density at radius 2 is 1.89 bits per heavy atom. The Hall–Kier alpha value is -1.71. The largest absolute Gasteiger partial charge is 0.522 e. The molecule has 98 valence electrons. The standard InChI is InChI=1S/C12H12F3NO2/c13-12(14,15)18-9-8-17-11-6-2-1-4-10(11)5-3-7-16/h1-2,4,6H,7-9,16H2. The van der Waals surface area contributed by atoms with Crippen molar-refractivity contribution in [3.63, 3.8) is 0 Å². The third-order valence-corrected chi connectivity index (χ3v) is 1.82. The van der Waals surface area contributed by atoms with Gasteiger partial charge >= 0.3 is 6.36 Å². The Labute approximate surface area is 103 Å². The van der Waals surface area contributed by atoms with E-state index in [4.69, 9.17) is 10.5 Å². The zero-order valence-electron chi connectivity index (χ0n) is 9.46. The molecule has 0 spiro atoms. The Kier molecular flexibility index (Phi) is 5.49. The highest BCUT2D eigenvalue weighted by molar-refractivity contribution is 5.45. The van der Waals surface area contributed by atoms with Gasteiger partial charge in [-0.1, -0.05) is 24.0 Å². The number of hydrogen-bond donors (Lipinski definition) is 1. The summed E-state index contributed by atoms with van der Waals surface area (Å²) in [5, 5.41) is 0. The maximum Gasteiger partial charge on any atom is 0.522 e. The molecule has 1 aromatic carbocycles. The summed E-state index contributed by atoms with van der Waals surface area (Å²) in [5.74, 6) is 5.82. The van der Waals surface area contributed by atoms with Crippen molar-refractivity contribution in [2.45, 2.75) is 6.36 Å². The van der Waals surface area contributed by atoms with Crippen LogP contribution in [0.25, 0.3) is 0 Å². The average molecular weight is 259 g/mol. The van der Waals surface area contributed by atoms with Crippen LogP contribution >= 0.6 is 0 Å². The van der Waals surface area contributed by atoms with E-state index in [1.807, 2.05) is 0 Å². The maximum absolute atomic E-state index is 11.7. The van der Waals surface area contributed by atoms with Crippen molar-refractivity contribution >= 4 is 0 Å². The number of nitrogens with two attached hydrogens (primary N) is 1. The molecule has 0 bridgehead atoms. The number of hydrogen-bond acceptors (Lipinski definition) is 3. The second-order valence-electron chi connectivity index (χ2n) is 3.14. The molecule has 0 fully saturated rings. The van der Waals surface area contributed by atoms with Crippen LogP contribution in [-0.4, -0.2) is 26.1 Å². The molecule has 0 amide bonds. The number of ether oxygens (including phenoxy) is 2. The molecule has 1 rings (SSSR count). The molecule has 0 aliphatic rings. The van der Waals surface area contributed by atoms with Gasteiger partial charge in [0.15, 0.2) is 0 Å². The summed E-state index contributed by atoms with van der Waals surface area (Å²) in [6, 6.07) is 6.77. The summed E-state index contributed by atoms with van der Waals surface area (Å²) < 4.78 is 43.9. The first-order valence-electron chi connectivity index (χ1n) is 5.14. The number of para-hydroxylation sites is 1. The van der Waals surface area contributed by atoms with E-state index < -0.39 is 13.0 Å². The SMILES string of the molecule is NCC#Cc1ccccc1OCCOC(F)(F)F. The van der Waals surface area contributed by atoms with Crippen LogP contribution in [0.1, 0.15) is 5.56 Å². The van der Waals surface area contributed by atoms with E-state index in [-0.39, 0.29) is 13.2 Å². The first-order valence-corrected chi connectivity index (χ1v) is 5.14. The Balaban J connectivity index is 2.52. The Bertz CT molecular complexity index is 435. The Morgan fingerprint density at radius 3 is 2.56 bits per heavy atom. The van der Waals surface area contributed by atoms with E-state index in [0.29, 0.717) is 11.3 Å². The lowest BCUT2D eigenvalue weighted by molar-refractivity contribution is -0.325. The molecule has 0 aliphatic carbocycles. The van der Waals surface area contributed by atoms with Crippen molar-refractivity contribution in [3.05, 3.63) is 29.8 Å². The van der Waals surface area contributed by atoms with E-state index in [1.54, 1.807) is 24.3 Å². The molecule has 6 heteroatoms. The molecular formula is C12H12F3NO2. The zero-order valence-corrected chi connectivity index (χ0v) is 9.46. The predicted molar refractivity (Wildman–Crippen MR) is 59.9 cm³/mol. The van der Waals surface area contributed by atoms with Crippen LogP contribution in [0.15, 0.2) is 24.3 Å². The molecule has 0 heterocycles. The first-order chi connectivity index (χ1) is 8.53.